The topological polar surface area (TPSA) is 59.0 Å². The zero-order valence-corrected chi connectivity index (χ0v) is 15.1. The van der Waals surface area contributed by atoms with Gasteiger partial charge in [0.25, 0.3) is 0 Å². The van der Waals surface area contributed by atoms with Crippen LogP contribution in [0.25, 0.3) is 0 Å². The highest BCUT2D eigenvalue weighted by Crippen LogP contribution is 2.22. The first-order valence-corrected chi connectivity index (χ1v) is 8.56. The fourth-order valence-corrected chi connectivity index (χ4v) is 2.75. The summed E-state index contributed by atoms with van der Waals surface area (Å²) in [5.41, 5.74) is 2.24. The molecule has 1 aromatic heterocycles. The average Bonchev–Trinajstić information content (AvgIpc) is 2.79. The van der Waals surface area contributed by atoms with Gasteiger partial charge in [0, 0.05) is 32.1 Å². The Bertz CT molecular complexity index is 459. The van der Waals surface area contributed by atoms with Crippen LogP contribution in [0, 0.1) is 0 Å². The Morgan fingerprint density at radius 3 is 2.67 bits per heavy atom. The van der Waals surface area contributed by atoms with Crippen LogP contribution in [0.5, 0.6) is 0 Å². The molecule has 0 aromatic carbocycles. The van der Waals surface area contributed by atoms with Crippen LogP contribution in [0.1, 0.15) is 51.9 Å². The number of amides is 1. The van der Waals surface area contributed by atoms with Crippen molar-refractivity contribution in [1.29, 1.82) is 0 Å². The first-order valence-electron chi connectivity index (χ1n) is 7.77. The zero-order valence-electron chi connectivity index (χ0n) is 13.5. The number of nitrogens with zero attached hydrogens (tertiary/aromatic N) is 2. The van der Waals surface area contributed by atoms with Gasteiger partial charge in [0.15, 0.2) is 0 Å². The van der Waals surface area contributed by atoms with Gasteiger partial charge in [-0.3, -0.25) is 9.48 Å². The van der Waals surface area contributed by atoms with Crippen molar-refractivity contribution in [2.75, 3.05) is 6.54 Å². The summed E-state index contributed by atoms with van der Waals surface area (Å²) >= 11 is 3.62. The lowest BCUT2D eigenvalue weighted by Gasteiger charge is -2.12. The molecule has 2 N–H and O–H groups in total. The summed E-state index contributed by atoms with van der Waals surface area (Å²) in [7, 11) is 0. The maximum absolute atomic E-state index is 11.7. The minimum Gasteiger partial charge on any atom is -0.354 e. The van der Waals surface area contributed by atoms with Crippen LogP contribution in [0.3, 0.4) is 0 Å². The van der Waals surface area contributed by atoms with Gasteiger partial charge in [0.1, 0.15) is 0 Å². The molecule has 1 unspecified atom stereocenters. The summed E-state index contributed by atoms with van der Waals surface area (Å²) in [5, 5.41) is 10.9. The second-order valence-corrected chi connectivity index (χ2v) is 5.97. The number of hydrogen-bond donors (Lipinski definition) is 2. The van der Waals surface area contributed by atoms with Crippen molar-refractivity contribution in [1.82, 2.24) is 20.4 Å². The Hall–Kier alpha value is -0.880. The van der Waals surface area contributed by atoms with Crippen molar-refractivity contribution in [3.63, 3.8) is 0 Å². The van der Waals surface area contributed by atoms with Gasteiger partial charge in [-0.2, -0.15) is 5.10 Å². The highest BCUT2D eigenvalue weighted by Gasteiger charge is 2.13. The molecule has 1 rings (SSSR count). The molecule has 120 valence electrons. The maximum Gasteiger partial charge on any atom is 0.221 e. The van der Waals surface area contributed by atoms with E-state index in [0.29, 0.717) is 13.0 Å². The minimum absolute atomic E-state index is 0.106. The first kappa shape index (κ1) is 18.2. The summed E-state index contributed by atoms with van der Waals surface area (Å²) in [6.45, 7) is 10.5. The highest BCUT2D eigenvalue weighted by atomic mass is 79.9. The van der Waals surface area contributed by atoms with Crippen LogP contribution >= 0.6 is 15.9 Å². The predicted molar refractivity (Wildman–Crippen MR) is 89.2 cm³/mol. The van der Waals surface area contributed by atoms with E-state index in [9.17, 15) is 4.79 Å². The smallest absolute Gasteiger partial charge is 0.221 e. The average molecular weight is 359 g/mol. The zero-order chi connectivity index (χ0) is 15.8. The fraction of sp³-hybridized carbons (Fsp3) is 0.733. The molecular formula is C15H27BrN4O. The SMILES string of the molecule is CCc1nn(CC)c(CNCCC(=O)NC(C)CC)c1Br. The van der Waals surface area contributed by atoms with Crippen molar-refractivity contribution in [3.8, 4) is 0 Å². The molecule has 1 aromatic rings. The monoisotopic (exact) mass is 358 g/mol. The predicted octanol–water partition coefficient (Wildman–Crippen LogP) is 2.62. The largest absolute Gasteiger partial charge is 0.354 e. The molecule has 0 saturated heterocycles. The van der Waals surface area contributed by atoms with Crippen LogP contribution in [-0.2, 0) is 24.3 Å². The fourth-order valence-electron chi connectivity index (χ4n) is 2.04. The van der Waals surface area contributed by atoms with E-state index >= 15 is 0 Å². The number of nitrogens with one attached hydrogen (secondary N) is 2. The Morgan fingerprint density at radius 1 is 1.38 bits per heavy atom. The van der Waals surface area contributed by atoms with E-state index in [4.69, 9.17) is 0 Å². The van der Waals surface area contributed by atoms with Crippen LogP contribution < -0.4 is 10.6 Å². The number of aromatic nitrogens is 2. The number of carbonyl (C=O) groups is 1. The van der Waals surface area contributed by atoms with E-state index in [2.05, 4.69) is 52.4 Å². The van der Waals surface area contributed by atoms with Gasteiger partial charge >= 0.3 is 0 Å². The summed E-state index contributed by atoms with van der Waals surface area (Å²) in [5.74, 6) is 0.106. The molecule has 5 nitrogen and oxygen atoms in total. The third-order valence-corrected chi connectivity index (χ3v) is 4.45. The van der Waals surface area contributed by atoms with Crippen LogP contribution in [0.2, 0.25) is 0 Å². The van der Waals surface area contributed by atoms with Gasteiger partial charge in [-0.25, -0.2) is 0 Å². The molecule has 0 aliphatic heterocycles. The van der Waals surface area contributed by atoms with Crippen molar-refractivity contribution >= 4 is 21.8 Å². The van der Waals surface area contributed by atoms with Crippen molar-refractivity contribution in [2.24, 2.45) is 0 Å². The molecule has 0 spiro atoms. The molecule has 0 radical (unpaired) electrons. The normalized spacial score (nSPS) is 12.4. The van der Waals surface area contributed by atoms with Crippen molar-refractivity contribution in [2.45, 2.75) is 66.1 Å². The molecule has 1 heterocycles. The van der Waals surface area contributed by atoms with Crippen LogP contribution in [-0.4, -0.2) is 28.3 Å². The van der Waals surface area contributed by atoms with Gasteiger partial charge in [0.2, 0.25) is 5.91 Å². The van der Waals surface area contributed by atoms with Crippen molar-refractivity contribution in [3.05, 3.63) is 15.9 Å². The molecule has 0 fully saturated rings. The Morgan fingerprint density at radius 2 is 2.10 bits per heavy atom. The van der Waals surface area contributed by atoms with Gasteiger partial charge in [0.05, 0.1) is 15.9 Å². The molecule has 0 aliphatic rings. The van der Waals surface area contributed by atoms with E-state index in [1.165, 1.54) is 0 Å². The lowest BCUT2D eigenvalue weighted by Crippen LogP contribution is -2.34. The standard InChI is InChI=1S/C15H27BrN4O/c1-5-11(4)18-14(21)8-9-17-10-13-15(16)12(6-2)19-20(13)7-3/h11,17H,5-10H2,1-4H3,(H,18,21). The number of hydrogen-bond acceptors (Lipinski definition) is 3. The lowest BCUT2D eigenvalue weighted by molar-refractivity contribution is -0.121. The van der Waals surface area contributed by atoms with Gasteiger partial charge in [-0.05, 0) is 42.6 Å². The highest BCUT2D eigenvalue weighted by molar-refractivity contribution is 9.10. The van der Waals surface area contributed by atoms with Gasteiger partial charge in [-0.1, -0.05) is 13.8 Å². The van der Waals surface area contributed by atoms with E-state index in [1.54, 1.807) is 0 Å². The van der Waals surface area contributed by atoms with Crippen LogP contribution in [0.15, 0.2) is 4.47 Å². The molecule has 0 saturated carbocycles. The molecule has 0 aliphatic carbocycles. The summed E-state index contributed by atoms with van der Waals surface area (Å²) < 4.78 is 3.10. The summed E-state index contributed by atoms with van der Waals surface area (Å²) in [6, 6.07) is 0.250. The minimum atomic E-state index is 0.106. The number of aryl methyl sites for hydroxylation is 2. The molecule has 1 atom stereocenters. The number of rotatable bonds is 9. The quantitative estimate of drug-likeness (QED) is 0.667. The first-order chi connectivity index (χ1) is 10.0. The second kappa shape index (κ2) is 9.20. The van der Waals surface area contributed by atoms with E-state index in [-0.39, 0.29) is 11.9 Å². The molecule has 0 bridgehead atoms. The van der Waals surface area contributed by atoms with Crippen molar-refractivity contribution < 1.29 is 4.79 Å². The van der Waals surface area contributed by atoms with Crippen LogP contribution in [0.4, 0.5) is 0 Å². The molecular weight excluding hydrogens is 332 g/mol. The van der Waals surface area contributed by atoms with E-state index in [0.717, 1.165) is 41.8 Å². The summed E-state index contributed by atoms with van der Waals surface area (Å²) in [6.07, 6.45) is 2.38. The lowest BCUT2D eigenvalue weighted by atomic mass is 10.2. The Labute approximate surface area is 136 Å². The molecule has 1 amide bonds. The molecule has 21 heavy (non-hydrogen) atoms. The Balaban J connectivity index is 2.42. The third kappa shape index (κ3) is 5.43. The van der Waals surface area contributed by atoms with Gasteiger partial charge < -0.3 is 10.6 Å². The second-order valence-electron chi connectivity index (χ2n) is 5.18. The Kier molecular flexibility index (Phi) is 7.96. The number of carbonyl (C=O) groups excluding carboxylic acids is 1. The summed E-state index contributed by atoms with van der Waals surface area (Å²) in [4.78, 5) is 11.7. The number of halogens is 1. The molecule has 6 heteroatoms. The maximum atomic E-state index is 11.7. The van der Waals surface area contributed by atoms with E-state index in [1.807, 2.05) is 11.6 Å². The van der Waals surface area contributed by atoms with E-state index < -0.39 is 0 Å². The van der Waals surface area contributed by atoms with Gasteiger partial charge in [-0.15, -0.1) is 0 Å². The third-order valence-electron chi connectivity index (χ3n) is 3.54.